The molecule has 1 unspecified atom stereocenters. The first kappa shape index (κ1) is 14.5. The standard InChI is InChI=1S/C16H17F2NO/c1-3-20-12-7-5-11(6-8-12)16(19)13-9-4-10(2)14(17)15(13)18/h4-9,16H,3,19H2,1-2H3. The lowest BCUT2D eigenvalue weighted by Crippen LogP contribution is -2.14. The van der Waals surface area contributed by atoms with E-state index in [1.165, 1.54) is 19.1 Å². The minimum absolute atomic E-state index is 0.150. The summed E-state index contributed by atoms with van der Waals surface area (Å²) in [5.41, 5.74) is 7.14. The van der Waals surface area contributed by atoms with Gasteiger partial charge in [0, 0.05) is 5.56 Å². The van der Waals surface area contributed by atoms with Crippen LogP contribution in [0.25, 0.3) is 0 Å². The van der Waals surface area contributed by atoms with E-state index in [1.54, 1.807) is 24.3 Å². The molecule has 2 nitrogen and oxygen atoms in total. The lowest BCUT2D eigenvalue weighted by atomic mass is 9.98. The minimum atomic E-state index is -0.883. The second kappa shape index (κ2) is 6.01. The summed E-state index contributed by atoms with van der Waals surface area (Å²) < 4.78 is 32.8. The van der Waals surface area contributed by atoms with Crippen LogP contribution in [0.3, 0.4) is 0 Å². The van der Waals surface area contributed by atoms with Gasteiger partial charge in [-0.25, -0.2) is 8.78 Å². The highest BCUT2D eigenvalue weighted by atomic mass is 19.2. The van der Waals surface area contributed by atoms with Crippen LogP contribution in [-0.2, 0) is 0 Å². The van der Waals surface area contributed by atoms with Crippen molar-refractivity contribution in [2.24, 2.45) is 5.73 Å². The Morgan fingerprint density at radius 1 is 1.05 bits per heavy atom. The molecule has 0 radical (unpaired) electrons. The smallest absolute Gasteiger partial charge is 0.164 e. The van der Waals surface area contributed by atoms with Gasteiger partial charge in [0.25, 0.3) is 0 Å². The molecule has 0 aromatic heterocycles. The zero-order valence-corrected chi connectivity index (χ0v) is 11.5. The molecule has 2 N–H and O–H groups in total. The van der Waals surface area contributed by atoms with E-state index in [2.05, 4.69) is 0 Å². The van der Waals surface area contributed by atoms with Gasteiger partial charge in [-0.1, -0.05) is 24.3 Å². The summed E-state index contributed by atoms with van der Waals surface area (Å²) in [5.74, 6) is -1.01. The van der Waals surface area contributed by atoms with Gasteiger partial charge in [-0.15, -0.1) is 0 Å². The number of benzene rings is 2. The predicted octanol–water partition coefficient (Wildman–Crippen LogP) is 3.72. The van der Waals surface area contributed by atoms with Crippen molar-refractivity contribution in [3.63, 3.8) is 0 Å². The number of ether oxygens (including phenoxy) is 1. The Morgan fingerprint density at radius 3 is 2.30 bits per heavy atom. The number of halogens is 2. The molecular weight excluding hydrogens is 260 g/mol. The minimum Gasteiger partial charge on any atom is -0.494 e. The summed E-state index contributed by atoms with van der Waals surface area (Å²) >= 11 is 0. The number of rotatable bonds is 4. The van der Waals surface area contributed by atoms with Gasteiger partial charge in [0.15, 0.2) is 11.6 Å². The van der Waals surface area contributed by atoms with Crippen molar-refractivity contribution in [1.29, 1.82) is 0 Å². The van der Waals surface area contributed by atoms with E-state index in [0.29, 0.717) is 12.2 Å². The molecule has 0 aliphatic rings. The molecule has 0 spiro atoms. The molecular formula is C16H17F2NO. The third-order valence-corrected chi connectivity index (χ3v) is 3.19. The normalized spacial score (nSPS) is 12.2. The molecule has 0 fully saturated rings. The third kappa shape index (κ3) is 2.80. The van der Waals surface area contributed by atoms with Crippen LogP contribution in [-0.4, -0.2) is 6.61 Å². The third-order valence-electron chi connectivity index (χ3n) is 3.19. The van der Waals surface area contributed by atoms with Crippen molar-refractivity contribution in [2.75, 3.05) is 6.61 Å². The van der Waals surface area contributed by atoms with Crippen molar-refractivity contribution in [3.05, 3.63) is 64.7 Å². The summed E-state index contributed by atoms with van der Waals surface area (Å²) in [4.78, 5) is 0. The average Bonchev–Trinajstić information content (AvgIpc) is 2.45. The fraction of sp³-hybridized carbons (Fsp3) is 0.250. The van der Waals surface area contributed by atoms with Gasteiger partial charge in [0.1, 0.15) is 5.75 Å². The molecule has 4 heteroatoms. The highest BCUT2D eigenvalue weighted by Gasteiger charge is 2.18. The van der Waals surface area contributed by atoms with Crippen molar-refractivity contribution in [3.8, 4) is 5.75 Å². The lowest BCUT2D eigenvalue weighted by molar-refractivity contribution is 0.340. The molecule has 20 heavy (non-hydrogen) atoms. The van der Waals surface area contributed by atoms with Crippen LogP contribution in [0.15, 0.2) is 36.4 Å². The predicted molar refractivity (Wildman–Crippen MR) is 74.7 cm³/mol. The molecule has 0 heterocycles. The second-order valence-electron chi connectivity index (χ2n) is 4.58. The molecule has 106 valence electrons. The molecule has 0 aliphatic heterocycles. The number of aryl methyl sites for hydroxylation is 1. The summed E-state index contributed by atoms with van der Waals surface area (Å²) in [7, 11) is 0. The first-order chi connectivity index (χ1) is 9.54. The van der Waals surface area contributed by atoms with Crippen LogP contribution >= 0.6 is 0 Å². The lowest BCUT2D eigenvalue weighted by Gasteiger charge is -2.15. The van der Waals surface area contributed by atoms with Gasteiger partial charge < -0.3 is 10.5 Å². The maximum atomic E-state index is 13.9. The van der Waals surface area contributed by atoms with E-state index in [-0.39, 0.29) is 11.1 Å². The van der Waals surface area contributed by atoms with Crippen molar-refractivity contribution in [2.45, 2.75) is 19.9 Å². The zero-order valence-electron chi connectivity index (χ0n) is 11.5. The van der Waals surface area contributed by atoms with E-state index in [1.807, 2.05) is 6.92 Å². The fourth-order valence-corrected chi connectivity index (χ4v) is 2.02. The van der Waals surface area contributed by atoms with E-state index in [4.69, 9.17) is 10.5 Å². The summed E-state index contributed by atoms with van der Waals surface area (Å²) in [6.45, 7) is 3.98. The van der Waals surface area contributed by atoms with Crippen LogP contribution < -0.4 is 10.5 Å². The van der Waals surface area contributed by atoms with Gasteiger partial charge >= 0.3 is 0 Å². The highest BCUT2D eigenvalue weighted by Crippen LogP contribution is 2.26. The second-order valence-corrected chi connectivity index (χ2v) is 4.58. The van der Waals surface area contributed by atoms with Crippen LogP contribution in [0.1, 0.15) is 29.7 Å². The molecule has 0 saturated heterocycles. The SMILES string of the molecule is CCOc1ccc(C(N)c2ccc(C)c(F)c2F)cc1. The van der Waals surface area contributed by atoms with Crippen LogP contribution in [0.5, 0.6) is 5.75 Å². The van der Waals surface area contributed by atoms with Crippen molar-refractivity contribution >= 4 is 0 Å². The van der Waals surface area contributed by atoms with Crippen LogP contribution in [0.2, 0.25) is 0 Å². The summed E-state index contributed by atoms with van der Waals surface area (Å²) in [6.07, 6.45) is 0. The Hall–Kier alpha value is -1.94. The number of nitrogens with two attached hydrogens (primary N) is 1. The fourth-order valence-electron chi connectivity index (χ4n) is 2.02. The molecule has 0 bridgehead atoms. The van der Waals surface area contributed by atoms with E-state index in [0.717, 1.165) is 5.75 Å². The maximum Gasteiger partial charge on any atom is 0.164 e. The molecule has 0 amide bonds. The average molecular weight is 277 g/mol. The van der Waals surface area contributed by atoms with Crippen molar-refractivity contribution < 1.29 is 13.5 Å². The molecule has 1 atom stereocenters. The van der Waals surface area contributed by atoms with Gasteiger partial charge in [0.05, 0.1) is 12.6 Å². The first-order valence-electron chi connectivity index (χ1n) is 6.47. The zero-order chi connectivity index (χ0) is 14.7. The molecule has 2 aromatic carbocycles. The van der Waals surface area contributed by atoms with E-state index < -0.39 is 17.7 Å². The monoisotopic (exact) mass is 277 g/mol. The Balaban J connectivity index is 2.31. The Labute approximate surface area is 117 Å². The Morgan fingerprint density at radius 2 is 1.70 bits per heavy atom. The topological polar surface area (TPSA) is 35.2 Å². The van der Waals surface area contributed by atoms with Gasteiger partial charge in [-0.05, 0) is 37.1 Å². The van der Waals surface area contributed by atoms with Gasteiger partial charge in [-0.3, -0.25) is 0 Å². The quantitative estimate of drug-likeness (QED) is 0.924. The van der Waals surface area contributed by atoms with Crippen LogP contribution in [0, 0.1) is 18.6 Å². The summed E-state index contributed by atoms with van der Waals surface area (Å²) in [5, 5.41) is 0. The Bertz CT molecular complexity index is 596. The number of hydrogen-bond acceptors (Lipinski definition) is 2. The maximum absolute atomic E-state index is 13.9. The van der Waals surface area contributed by atoms with Crippen molar-refractivity contribution in [1.82, 2.24) is 0 Å². The molecule has 2 aromatic rings. The van der Waals surface area contributed by atoms with Gasteiger partial charge in [0.2, 0.25) is 0 Å². The van der Waals surface area contributed by atoms with Crippen LogP contribution in [0.4, 0.5) is 8.78 Å². The first-order valence-corrected chi connectivity index (χ1v) is 6.47. The van der Waals surface area contributed by atoms with Gasteiger partial charge in [-0.2, -0.15) is 0 Å². The summed E-state index contributed by atoms with van der Waals surface area (Å²) in [6, 6.07) is 9.39. The molecule has 0 saturated carbocycles. The van der Waals surface area contributed by atoms with E-state index in [9.17, 15) is 8.78 Å². The molecule has 0 aliphatic carbocycles. The largest absolute Gasteiger partial charge is 0.494 e. The Kier molecular flexibility index (Phi) is 4.35. The highest BCUT2D eigenvalue weighted by molar-refractivity contribution is 5.37. The molecule has 2 rings (SSSR count). The van der Waals surface area contributed by atoms with E-state index >= 15 is 0 Å². The number of hydrogen-bond donors (Lipinski definition) is 1.